The van der Waals surface area contributed by atoms with Gasteiger partial charge in [-0.05, 0) is 61.4 Å². The van der Waals surface area contributed by atoms with Crippen LogP contribution in [0.2, 0.25) is 0 Å². The Hall–Kier alpha value is -0.700. The average molecular weight is 510 g/mol. The summed E-state index contributed by atoms with van der Waals surface area (Å²) in [5.74, 6) is 0.0416. The highest BCUT2D eigenvalue weighted by Gasteiger charge is 2.16. The topological polar surface area (TPSA) is 68.3 Å². The first kappa shape index (κ1) is 20.6. The van der Waals surface area contributed by atoms with Crippen LogP contribution in [0.5, 0.6) is 0 Å². The van der Waals surface area contributed by atoms with Crippen molar-refractivity contribution in [1.29, 1.82) is 0 Å². The van der Waals surface area contributed by atoms with Crippen LogP contribution in [-0.4, -0.2) is 28.3 Å². The van der Waals surface area contributed by atoms with Crippen molar-refractivity contribution < 1.29 is 16.8 Å². The first-order valence-electron chi connectivity index (χ1n) is 7.67. The van der Waals surface area contributed by atoms with E-state index in [-0.39, 0.29) is 21.3 Å². The molecule has 2 aromatic carbocycles. The quantitative estimate of drug-likeness (QED) is 0.486. The summed E-state index contributed by atoms with van der Waals surface area (Å²) in [6.45, 7) is 0. The average Bonchev–Trinajstić information content (AvgIpc) is 2.55. The van der Waals surface area contributed by atoms with Crippen molar-refractivity contribution in [3.8, 4) is 0 Å². The lowest BCUT2D eigenvalue weighted by molar-refractivity contribution is 0.587. The molecule has 0 saturated carbocycles. The molecule has 0 amide bonds. The van der Waals surface area contributed by atoms with Gasteiger partial charge in [0.05, 0.1) is 21.3 Å². The molecule has 25 heavy (non-hydrogen) atoms. The van der Waals surface area contributed by atoms with Gasteiger partial charge in [0.15, 0.2) is 19.7 Å². The maximum absolute atomic E-state index is 12.2. The van der Waals surface area contributed by atoms with E-state index >= 15 is 0 Å². The van der Waals surface area contributed by atoms with E-state index in [0.717, 1.165) is 8.95 Å². The van der Waals surface area contributed by atoms with E-state index in [1.807, 2.05) is 0 Å². The SMILES string of the molecule is O=S(=O)(CCCCCS(=O)(=O)c1ccc(Br)cc1)c1ccc(Br)cc1. The van der Waals surface area contributed by atoms with Crippen LogP contribution in [-0.2, 0) is 19.7 Å². The van der Waals surface area contributed by atoms with Gasteiger partial charge in [0.2, 0.25) is 0 Å². The van der Waals surface area contributed by atoms with Gasteiger partial charge in [0.1, 0.15) is 0 Å². The summed E-state index contributed by atoms with van der Waals surface area (Å²) in [6, 6.07) is 13.0. The Labute approximate surface area is 165 Å². The third-order valence-electron chi connectivity index (χ3n) is 3.67. The van der Waals surface area contributed by atoms with Gasteiger partial charge in [-0.2, -0.15) is 0 Å². The lowest BCUT2D eigenvalue weighted by Crippen LogP contribution is -2.09. The van der Waals surface area contributed by atoms with Gasteiger partial charge in [-0.15, -0.1) is 0 Å². The minimum absolute atomic E-state index is 0.0208. The standard InChI is InChI=1S/C17H18Br2O4S2/c18-14-4-8-16(9-5-14)24(20,21)12-2-1-3-13-25(22,23)17-10-6-15(19)7-11-17/h4-11H,1-3,12-13H2. The summed E-state index contributed by atoms with van der Waals surface area (Å²) in [6.07, 6.45) is 1.42. The molecule has 0 unspecified atom stereocenters. The highest BCUT2D eigenvalue weighted by molar-refractivity contribution is 9.10. The number of benzene rings is 2. The summed E-state index contributed by atoms with van der Waals surface area (Å²) in [7, 11) is -6.65. The summed E-state index contributed by atoms with van der Waals surface area (Å²) in [5, 5.41) is 0. The Morgan fingerprint density at radius 2 is 0.880 bits per heavy atom. The van der Waals surface area contributed by atoms with Crippen molar-refractivity contribution in [2.75, 3.05) is 11.5 Å². The second-order valence-corrected chi connectivity index (χ2v) is 11.7. The van der Waals surface area contributed by atoms with Crippen LogP contribution in [0.25, 0.3) is 0 Å². The third kappa shape index (κ3) is 6.20. The van der Waals surface area contributed by atoms with E-state index < -0.39 is 19.7 Å². The molecule has 0 aromatic heterocycles. The smallest absolute Gasteiger partial charge is 0.178 e. The lowest BCUT2D eigenvalue weighted by atomic mass is 10.3. The summed E-state index contributed by atoms with van der Waals surface area (Å²) < 4.78 is 50.5. The highest BCUT2D eigenvalue weighted by atomic mass is 79.9. The number of halogens is 2. The van der Waals surface area contributed by atoms with E-state index in [4.69, 9.17) is 0 Å². The summed E-state index contributed by atoms with van der Waals surface area (Å²) in [4.78, 5) is 0.580. The highest BCUT2D eigenvalue weighted by Crippen LogP contribution is 2.19. The van der Waals surface area contributed by atoms with E-state index in [0.29, 0.717) is 19.3 Å². The Balaban J connectivity index is 1.83. The number of sulfone groups is 2. The zero-order chi connectivity index (χ0) is 18.5. The van der Waals surface area contributed by atoms with Crippen LogP contribution in [0, 0.1) is 0 Å². The van der Waals surface area contributed by atoms with Gasteiger partial charge in [-0.1, -0.05) is 38.3 Å². The van der Waals surface area contributed by atoms with Gasteiger partial charge in [-0.25, -0.2) is 16.8 Å². The molecule has 2 aromatic rings. The van der Waals surface area contributed by atoms with Gasteiger partial charge < -0.3 is 0 Å². The van der Waals surface area contributed by atoms with Crippen molar-refractivity contribution in [3.05, 3.63) is 57.5 Å². The minimum Gasteiger partial charge on any atom is -0.224 e. The summed E-state index contributed by atoms with van der Waals surface area (Å²) in [5.41, 5.74) is 0. The minimum atomic E-state index is -3.33. The van der Waals surface area contributed by atoms with Crippen LogP contribution >= 0.6 is 31.9 Å². The Morgan fingerprint density at radius 1 is 0.560 bits per heavy atom. The van der Waals surface area contributed by atoms with Crippen LogP contribution in [0.15, 0.2) is 67.3 Å². The first-order valence-corrected chi connectivity index (χ1v) is 12.6. The Bertz CT molecular complexity index is 827. The van der Waals surface area contributed by atoms with E-state index in [1.165, 1.54) is 0 Å². The molecule has 0 spiro atoms. The Kier molecular flexibility index (Phi) is 7.25. The largest absolute Gasteiger partial charge is 0.224 e. The molecule has 2 rings (SSSR count). The second kappa shape index (κ2) is 8.79. The molecule has 8 heteroatoms. The molecule has 0 fully saturated rings. The van der Waals surface area contributed by atoms with Crippen LogP contribution < -0.4 is 0 Å². The van der Waals surface area contributed by atoms with Crippen molar-refractivity contribution in [1.82, 2.24) is 0 Å². The van der Waals surface area contributed by atoms with E-state index in [2.05, 4.69) is 31.9 Å². The fourth-order valence-corrected chi connectivity index (χ4v) is 5.55. The van der Waals surface area contributed by atoms with Gasteiger partial charge in [-0.3, -0.25) is 0 Å². The molecule has 0 aliphatic rings. The Morgan fingerprint density at radius 3 is 1.20 bits per heavy atom. The molecule has 0 radical (unpaired) electrons. The molecular formula is C17H18Br2O4S2. The zero-order valence-corrected chi connectivity index (χ0v) is 18.2. The predicted octanol–water partition coefficient (Wildman–Crippen LogP) is 4.63. The molecule has 0 aliphatic heterocycles. The van der Waals surface area contributed by atoms with Crippen LogP contribution in [0.1, 0.15) is 19.3 Å². The number of hydrogen-bond donors (Lipinski definition) is 0. The first-order chi connectivity index (χ1) is 11.7. The molecule has 4 nitrogen and oxygen atoms in total. The number of unbranched alkanes of at least 4 members (excludes halogenated alkanes) is 2. The van der Waals surface area contributed by atoms with Crippen LogP contribution in [0.4, 0.5) is 0 Å². The number of rotatable bonds is 8. The maximum Gasteiger partial charge on any atom is 0.178 e. The van der Waals surface area contributed by atoms with E-state index in [1.54, 1.807) is 48.5 Å². The molecule has 0 saturated heterocycles. The molecular weight excluding hydrogens is 492 g/mol. The molecule has 0 heterocycles. The maximum atomic E-state index is 12.2. The second-order valence-electron chi connectivity index (χ2n) is 5.61. The number of hydrogen-bond acceptors (Lipinski definition) is 4. The monoisotopic (exact) mass is 508 g/mol. The van der Waals surface area contributed by atoms with Gasteiger partial charge >= 0.3 is 0 Å². The normalized spacial score (nSPS) is 12.2. The van der Waals surface area contributed by atoms with Crippen molar-refractivity contribution in [2.45, 2.75) is 29.1 Å². The van der Waals surface area contributed by atoms with Crippen molar-refractivity contribution >= 4 is 51.5 Å². The molecule has 136 valence electrons. The lowest BCUT2D eigenvalue weighted by Gasteiger charge is -2.06. The van der Waals surface area contributed by atoms with Crippen molar-refractivity contribution in [3.63, 3.8) is 0 Å². The van der Waals surface area contributed by atoms with Crippen LogP contribution in [0.3, 0.4) is 0 Å². The zero-order valence-electron chi connectivity index (χ0n) is 13.4. The van der Waals surface area contributed by atoms with Crippen molar-refractivity contribution in [2.24, 2.45) is 0 Å². The fraction of sp³-hybridized carbons (Fsp3) is 0.294. The fourth-order valence-electron chi connectivity index (χ4n) is 2.28. The van der Waals surface area contributed by atoms with E-state index in [9.17, 15) is 16.8 Å². The van der Waals surface area contributed by atoms with Gasteiger partial charge in [0, 0.05) is 8.95 Å². The molecule has 0 bridgehead atoms. The molecule has 0 aliphatic carbocycles. The predicted molar refractivity (Wildman–Crippen MR) is 106 cm³/mol. The summed E-state index contributed by atoms with van der Waals surface area (Å²) >= 11 is 6.55. The third-order valence-corrected chi connectivity index (χ3v) is 8.36. The van der Waals surface area contributed by atoms with Gasteiger partial charge in [0.25, 0.3) is 0 Å². The molecule has 0 N–H and O–H groups in total. The molecule has 0 atom stereocenters.